The van der Waals surface area contributed by atoms with Gasteiger partial charge in [-0.3, -0.25) is 4.79 Å². The molecule has 1 amide bonds. The molecule has 1 saturated heterocycles. The van der Waals surface area contributed by atoms with Gasteiger partial charge in [0.25, 0.3) is 5.91 Å². The van der Waals surface area contributed by atoms with Crippen LogP contribution in [-0.2, 0) is 11.3 Å². The first-order valence-electron chi connectivity index (χ1n) is 10.2. The lowest BCUT2D eigenvalue weighted by atomic mass is 10.1. The number of nitrogens with zero attached hydrogens (tertiary/aromatic N) is 2. The smallest absolute Gasteiger partial charge is 0.254 e. The van der Waals surface area contributed by atoms with E-state index in [1.807, 2.05) is 61.5 Å². The quantitative estimate of drug-likeness (QED) is 0.579. The topological polar surface area (TPSA) is 64.8 Å². The van der Waals surface area contributed by atoms with Crippen molar-refractivity contribution in [2.45, 2.75) is 32.4 Å². The van der Waals surface area contributed by atoms with Crippen molar-refractivity contribution in [3.8, 4) is 17.1 Å². The molecule has 0 spiro atoms. The van der Waals surface area contributed by atoms with Crippen LogP contribution in [0.25, 0.3) is 11.3 Å². The van der Waals surface area contributed by atoms with Crippen LogP contribution in [0.1, 0.15) is 34.5 Å². The van der Waals surface area contributed by atoms with Gasteiger partial charge in [0.2, 0.25) is 0 Å². The lowest BCUT2D eigenvalue weighted by Gasteiger charge is -2.24. The zero-order valence-electron chi connectivity index (χ0n) is 17.3. The molecule has 0 aliphatic carbocycles. The molecule has 1 aliphatic rings. The van der Waals surface area contributed by atoms with E-state index in [0.717, 1.165) is 36.3 Å². The molecule has 0 bridgehead atoms. The number of rotatable bonds is 7. The Kier molecular flexibility index (Phi) is 6.14. The van der Waals surface area contributed by atoms with E-state index in [1.54, 1.807) is 12.0 Å². The van der Waals surface area contributed by atoms with Crippen LogP contribution in [-0.4, -0.2) is 42.3 Å². The Bertz CT molecular complexity index is 990. The summed E-state index contributed by atoms with van der Waals surface area (Å²) in [5.41, 5.74) is 3.36. The van der Waals surface area contributed by atoms with E-state index < -0.39 is 0 Å². The van der Waals surface area contributed by atoms with E-state index in [9.17, 15) is 4.79 Å². The van der Waals surface area contributed by atoms with Crippen molar-refractivity contribution in [2.24, 2.45) is 0 Å². The van der Waals surface area contributed by atoms with Gasteiger partial charge in [0.15, 0.2) is 5.76 Å². The molecular weight excluding hydrogens is 380 g/mol. The maximum Gasteiger partial charge on any atom is 0.254 e. The van der Waals surface area contributed by atoms with E-state index in [2.05, 4.69) is 5.16 Å². The second kappa shape index (κ2) is 9.13. The minimum absolute atomic E-state index is 0.0311. The summed E-state index contributed by atoms with van der Waals surface area (Å²) in [4.78, 5) is 15.0. The van der Waals surface area contributed by atoms with Crippen LogP contribution in [0.4, 0.5) is 0 Å². The van der Waals surface area contributed by atoms with Gasteiger partial charge in [-0.25, -0.2) is 0 Å². The van der Waals surface area contributed by atoms with Crippen LogP contribution in [0.15, 0.2) is 59.1 Å². The number of methoxy groups -OCH3 is 1. The zero-order valence-corrected chi connectivity index (χ0v) is 17.3. The number of ether oxygens (including phenoxy) is 2. The largest absolute Gasteiger partial charge is 0.497 e. The highest BCUT2D eigenvalue weighted by Crippen LogP contribution is 2.25. The lowest BCUT2D eigenvalue weighted by molar-refractivity contribution is 0.0502. The fourth-order valence-corrected chi connectivity index (χ4v) is 3.63. The number of hydrogen-bond donors (Lipinski definition) is 0. The molecule has 30 heavy (non-hydrogen) atoms. The van der Waals surface area contributed by atoms with E-state index in [0.29, 0.717) is 30.1 Å². The van der Waals surface area contributed by atoms with E-state index >= 15 is 0 Å². The van der Waals surface area contributed by atoms with E-state index in [4.69, 9.17) is 14.0 Å². The predicted molar refractivity (Wildman–Crippen MR) is 113 cm³/mol. The molecule has 1 fully saturated rings. The number of carbonyl (C=O) groups is 1. The first kappa shape index (κ1) is 20.2. The number of carbonyl (C=O) groups excluding carboxylic acids is 1. The van der Waals surface area contributed by atoms with Gasteiger partial charge in [-0.2, -0.15) is 0 Å². The number of aryl methyl sites for hydroxylation is 1. The molecule has 6 nitrogen and oxygen atoms in total. The Balaban J connectivity index is 1.54. The molecule has 4 rings (SSSR count). The number of hydrogen-bond acceptors (Lipinski definition) is 5. The predicted octanol–water partition coefficient (Wildman–Crippen LogP) is 4.48. The first-order valence-corrected chi connectivity index (χ1v) is 10.2. The highest BCUT2D eigenvalue weighted by molar-refractivity contribution is 5.94. The van der Waals surface area contributed by atoms with Crippen LogP contribution in [0, 0.1) is 6.92 Å². The monoisotopic (exact) mass is 406 g/mol. The normalized spacial score (nSPS) is 15.9. The van der Waals surface area contributed by atoms with Crippen molar-refractivity contribution in [1.29, 1.82) is 0 Å². The van der Waals surface area contributed by atoms with Gasteiger partial charge in [-0.1, -0.05) is 35.0 Å². The van der Waals surface area contributed by atoms with Crippen molar-refractivity contribution in [1.82, 2.24) is 10.1 Å². The Hall–Kier alpha value is -3.12. The number of benzene rings is 2. The van der Waals surface area contributed by atoms with Gasteiger partial charge < -0.3 is 18.9 Å². The summed E-state index contributed by atoms with van der Waals surface area (Å²) >= 11 is 0. The van der Waals surface area contributed by atoms with Gasteiger partial charge in [0.05, 0.1) is 19.8 Å². The zero-order chi connectivity index (χ0) is 20.9. The van der Waals surface area contributed by atoms with Crippen molar-refractivity contribution in [2.75, 3.05) is 20.3 Å². The molecule has 0 saturated carbocycles. The van der Waals surface area contributed by atoms with Crippen molar-refractivity contribution < 1.29 is 18.8 Å². The minimum Gasteiger partial charge on any atom is -0.497 e. The highest BCUT2D eigenvalue weighted by Gasteiger charge is 2.24. The minimum atomic E-state index is -0.0311. The van der Waals surface area contributed by atoms with Crippen molar-refractivity contribution in [3.63, 3.8) is 0 Å². The van der Waals surface area contributed by atoms with Crippen LogP contribution in [0.3, 0.4) is 0 Å². The molecule has 3 aromatic rings. The van der Waals surface area contributed by atoms with Crippen LogP contribution < -0.4 is 4.74 Å². The molecule has 156 valence electrons. The Morgan fingerprint density at radius 2 is 2.03 bits per heavy atom. The molecule has 1 aliphatic heterocycles. The summed E-state index contributed by atoms with van der Waals surface area (Å²) in [6.45, 7) is 3.66. The van der Waals surface area contributed by atoms with Crippen molar-refractivity contribution >= 4 is 5.91 Å². The second-order valence-electron chi connectivity index (χ2n) is 7.60. The Morgan fingerprint density at radius 3 is 2.77 bits per heavy atom. The first-order chi connectivity index (χ1) is 14.6. The van der Waals surface area contributed by atoms with Gasteiger partial charge in [-0.05, 0) is 44.0 Å². The third-order valence-corrected chi connectivity index (χ3v) is 5.30. The molecular formula is C24H26N2O4. The molecule has 2 aromatic carbocycles. The number of amides is 1. The maximum absolute atomic E-state index is 13.2. The molecule has 2 heterocycles. The summed E-state index contributed by atoms with van der Waals surface area (Å²) in [5.74, 6) is 1.36. The van der Waals surface area contributed by atoms with Gasteiger partial charge in [-0.15, -0.1) is 0 Å². The summed E-state index contributed by atoms with van der Waals surface area (Å²) in [6, 6.07) is 17.1. The molecule has 1 atom stereocenters. The maximum atomic E-state index is 13.2. The Morgan fingerprint density at radius 1 is 1.20 bits per heavy atom. The SMILES string of the molecule is COc1cccc(-c2cc(CN(C[C@H]3CCCO3)C(=O)c3ccc(C)cc3)no2)c1. The molecule has 0 unspecified atom stereocenters. The molecule has 0 radical (unpaired) electrons. The lowest BCUT2D eigenvalue weighted by Crippen LogP contribution is -2.37. The molecule has 1 aromatic heterocycles. The number of aromatic nitrogens is 1. The third kappa shape index (κ3) is 4.71. The highest BCUT2D eigenvalue weighted by atomic mass is 16.5. The third-order valence-electron chi connectivity index (χ3n) is 5.30. The second-order valence-corrected chi connectivity index (χ2v) is 7.60. The standard InChI is InChI=1S/C24H26N2O4/c1-17-8-10-18(11-9-17)24(27)26(16-22-7-4-12-29-22)15-20-14-23(30-25-20)19-5-3-6-21(13-19)28-2/h3,5-6,8-11,13-14,22H,4,7,12,15-16H2,1-2H3/t22-/m1/s1. The van der Waals surface area contributed by atoms with Gasteiger partial charge in [0, 0.05) is 30.3 Å². The van der Waals surface area contributed by atoms with Crippen molar-refractivity contribution in [3.05, 3.63) is 71.4 Å². The van der Waals surface area contributed by atoms with Crippen LogP contribution in [0.2, 0.25) is 0 Å². The molecule has 6 heteroatoms. The average Bonchev–Trinajstić information content (AvgIpc) is 3.46. The fourth-order valence-electron chi connectivity index (χ4n) is 3.63. The van der Waals surface area contributed by atoms with E-state index in [1.165, 1.54) is 0 Å². The van der Waals surface area contributed by atoms with Gasteiger partial charge >= 0.3 is 0 Å². The molecule has 0 N–H and O–H groups in total. The summed E-state index contributed by atoms with van der Waals surface area (Å²) in [6.07, 6.45) is 2.05. The summed E-state index contributed by atoms with van der Waals surface area (Å²) in [5, 5.41) is 4.20. The Labute approximate surface area is 176 Å². The summed E-state index contributed by atoms with van der Waals surface area (Å²) < 4.78 is 16.6. The fraction of sp³-hybridized carbons (Fsp3) is 0.333. The van der Waals surface area contributed by atoms with Crippen LogP contribution >= 0.6 is 0 Å². The summed E-state index contributed by atoms with van der Waals surface area (Å²) in [7, 11) is 1.63. The van der Waals surface area contributed by atoms with Crippen LogP contribution in [0.5, 0.6) is 5.75 Å². The van der Waals surface area contributed by atoms with E-state index in [-0.39, 0.29) is 12.0 Å². The van der Waals surface area contributed by atoms with Gasteiger partial charge in [0.1, 0.15) is 11.4 Å². The average molecular weight is 406 g/mol.